The van der Waals surface area contributed by atoms with E-state index in [-0.39, 0.29) is 11.9 Å². The highest BCUT2D eigenvalue weighted by atomic mass is 32.2. The molecule has 1 saturated heterocycles. The molecule has 1 aliphatic heterocycles. The smallest absolute Gasteiger partial charge is 0.238 e. The first-order valence-electron chi connectivity index (χ1n) is 6.44. The molecule has 2 saturated carbocycles. The van der Waals surface area contributed by atoms with Crippen molar-refractivity contribution in [2.24, 2.45) is 11.8 Å². The van der Waals surface area contributed by atoms with E-state index in [9.17, 15) is 4.79 Å². The highest BCUT2D eigenvalue weighted by Crippen LogP contribution is 2.44. The van der Waals surface area contributed by atoms with Crippen LogP contribution in [0, 0.1) is 11.8 Å². The summed E-state index contributed by atoms with van der Waals surface area (Å²) in [6.45, 7) is 0.972. The van der Waals surface area contributed by atoms with Gasteiger partial charge in [0, 0.05) is 24.1 Å². The normalized spacial score (nSPS) is 42.2. The third-order valence-corrected chi connectivity index (χ3v) is 5.37. The van der Waals surface area contributed by atoms with Crippen LogP contribution >= 0.6 is 11.8 Å². The van der Waals surface area contributed by atoms with Crippen molar-refractivity contribution >= 4 is 17.7 Å². The molecule has 16 heavy (non-hydrogen) atoms. The van der Waals surface area contributed by atoms with Crippen LogP contribution in [-0.4, -0.2) is 36.0 Å². The molecule has 90 valence electrons. The molecule has 2 N–H and O–H groups in total. The fourth-order valence-corrected chi connectivity index (χ4v) is 4.37. The topological polar surface area (TPSA) is 41.1 Å². The molecule has 2 aliphatic carbocycles. The van der Waals surface area contributed by atoms with Gasteiger partial charge in [0.1, 0.15) is 0 Å². The van der Waals surface area contributed by atoms with E-state index >= 15 is 0 Å². The van der Waals surface area contributed by atoms with Gasteiger partial charge in [-0.2, -0.15) is 11.8 Å². The maximum Gasteiger partial charge on any atom is 0.238 e. The summed E-state index contributed by atoms with van der Waals surface area (Å²) >= 11 is 1.88. The van der Waals surface area contributed by atoms with E-state index in [1.54, 1.807) is 0 Å². The van der Waals surface area contributed by atoms with E-state index < -0.39 is 0 Å². The Labute approximate surface area is 101 Å². The summed E-state index contributed by atoms with van der Waals surface area (Å²) in [4.78, 5) is 12.0. The van der Waals surface area contributed by atoms with Crippen LogP contribution in [0.5, 0.6) is 0 Å². The standard InChI is InChI=1S/C12H20N2OS/c15-12(11-7-16-4-3-13-11)14-10-6-8-1-2-9(10)5-8/h8-11,13H,1-7H2,(H,14,15). The molecule has 4 unspecified atom stereocenters. The lowest BCUT2D eigenvalue weighted by Gasteiger charge is -2.27. The van der Waals surface area contributed by atoms with E-state index in [1.165, 1.54) is 25.7 Å². The summed E-state index contributed by atoms with van der Waals surface area (Å²) in [6.07, 6.45) is 5.32. The van der Waals surface area contributed by atoms with Crippen LogP contribution < -0.4 is 10.6 Å². The van der Waals surface area contributed by atoms with Crippen molar-refractivity contribution in [3.8, 4) is 0 Å². The van der Waals surface area contributed by atoms with Crippen LogP contribution in [-0.2, 0) is 4.79 Å². The Morgan fingerprint density at radius 2 is 2.25 bits per heavy atom. The van der Waals surface area contributed by atoms with Gasteiger partial charge in [-0.3, -0.25) is 4.79 Å². The lowest BCUT2D eigenvalue weighted by molar-refractivity contribution is -0.123. The summed E-state index contributed by atoms with van der Waals surface area (Å²) in [6, 6.07) is 0.540. The van der Waals surface area contributed by atoms with Gasteiger partial charge in [-0.05, 0) is 31.1 Å². The Hall–Kier alpha value is -0.220. The Bertz CT molecular complexity index is 278. The van der Waals surface area contributed by atoms with E-state index in [4.69, 9.17) is 0 Å². The number of carbonyl (C=O) groups is 1. The number of hydrogen-bond acceptors (Lipinski definition) is 3. The second kappa shape index (κ2) is 4.57. The molecule has 2 bridgehead atoms. The molecule has 0 aromatic rings. The minimum absolute atomic E-state index is 0.0536. The van der Waals surface area contributed by atoms with E-state index in [1.807, 2.05) is 11.8 Å². The summed E-state index contributed by atoms with van der Waals surface area (Å²) in [5.74, 6) is 4.00. The van der Waals surface area contributed by atoms with Gasteiger partial charge in [0.05, 0.1) is 6.04 Å². The summed E-state index contributed by atoms with van der Waals surface area (Å²) in [7, 11) is 0. The first-order chi connectivity index (χ1) is 7.83. The van der Waals surface area contributed by atoms with E-state index in [0.29, 0.717) is 6.04 Å². The van der Waals surface area contributed by atoms with Gasteiger partial charge in [0.15, 0.2) is 0 Å². The molecule has 0 spiro atoms. The monoisotopic (exact) mass is 240 g/mol. The van der Waals surface area contributed by atoms with Gasteiger partial charge >= 0.3 is 0 Å². The number of amides is 1. The van der Waals surface area contributed by atoms with Crippen molar-refractivity contribution in [1.29, 1.82) is 0 Å². The predicted molar refractivity (Wildman–Crippen MR) is 66.5 cm³/mol. The zero-order valence-electron chi connectivity index (χ0n) is 9.58. The fraction of sp³-hybridized carbons (Fsp3) is 0.917. The fourth-order valence-electron chi connectivity index (χ4n) is 3.44. The predicted octanol–water partition coefficient (Wildman–Crippen LogP) is 0.996. The number of rotatable bonds is 2. The van der Waals surface area contributed by atoms with Gasteiger partial charge < -0.3 is 10.6 Å². The molecular formula is C12H20N2OS. The van der Waals surface area contributed by atoms with E-state index in [2.05, 4.69) is 10.6 Å². The molecule has 0 radical (unpaired) electrons. The average Bonchev–Trinajstić information content (AvgIpc) is 2.92. The zero-order chi connectivity index (χ0) is 11.0. The molecule has 1 amide bonds. The largest absolute Gasteiger partial charge is 0.352 e. The highest BCUT2D eigenvalue weighted by Gasteiger charge is 2.40. The SMILES string of the molecule is O=C(NC1CC2CCC1C2)C1CSCCN1. The number of nitrogens with one attached hydrogen (secondary N) is 2. The minimum Gasteiger partial charge on any atom is -0.352 e. The van der Waals surface area contributed by atoms with Crippen molar-refractivity contribution in [2.45, 2.75) is 37.8 Å². The lowest BCUT2D eigenvalue weighted by atomic mass is 9.95. The highest BCUT2D eigenvalue weighted by molar-refractivity contribution is 7.99. The molecule has 3 rings (SSSR count). The molecule has 4 heteroatoms. The van der Waals surface area contributed by atoms with Crippen LogP contribution in [0.25, 0.3) is 0 Å². The Balaban J connectivity index is 1.52. The third-order valence-electron chi connectivity index (χ3n) is 4.30. The van der Waals surface area contributed by atoms with Gasteiger partial charge in [0.2, 0.25) is 5.91 Å². The second-order valence-electron chi connectivity index (χ2n) is 5.37. The minimum atomic E-state index is 0.0536. The zero-order valence-corrected chi connectivity index (χ0v) is 10.4. The quantitative estimate of drug-likeness (QED) is 0.756. The molecule has 3 aliphatic rings. The van der Waals surface area contributed by atoms with Crippen LogP contribution in [0.1, 0.15) is 25.7 Å². The molecule has 0 aromatic carbocycles. The van der Waals surface area contributed by atoms with Crippen molar-refractivity contribution in [3.05, 3.63) is 0 Å². The number of thioether (sulfide) groups is 1. The Kier molecular flexibility index (Phi) is 3.11. The maximum atomic E-state index is 12.0. The Morgan fingerprint density at radius 3 is 2.88 bits per heavy atom. The maximum absolute atomic E-state index is 12.0. The Morgan fingerprint density at radius 1 is 1.31 bits per heavy atom. The molecule has 3 nitrogen and oxygen atoms in total. The van der Waals surface area contributed by atoms with Crippen LogP contribution in [0.3, 0.4) is 0 Å². The lowest BCUT2D eigenvalue weighted by Crippen LogP contribution is -2.52. The molecule has 0 aromatic heterocycles. The molecule has 1 heterocycles. The first kappa shape index (κ1) is 10.9. The summed E-state index contributed by atoms with van der Waals surface area (Å²) < 4.78 is 0. The van der Waals surface area contributed by atoms with Gasteiger partial charge in [-0.15, -0.1) is 0 Å². The van der Waals surface area contributed by atoms with Crippen molar-refractivity contribution < 1.29 is 4.79 Å². The number of hydrogen-bond donors (Lipinski definition) is 2. The van der Waals surface area contributed by atoms with Crippen molar-refractivity contribution in [1.82, 2.24) is 10.6 Å². The van der Waals surface area contributed by atoms with Gasteiger partial charge in [0.25, 0.3) is 0 Å². The number of fused-ring (bicyclic) bond motifs is 2. The van der Waals surface area contributed by atoms with E-state index in [0.717, 1.165) is 29.9 Å². The van der Waals surface area contributed by atoms with Crippen LogP contribution in [0.4, 0.5) is 0 Å². The molecular weight excluding hydrogens is 220 g/mol. The molecule has 3 fully saturated rings. The van der Waals surface area contributed by atoms with Crippen molar-refractivity contribution in [3.63, 3.8) is 0 Å². The van der Waals surface area contributed by atoms with Crippen LogP contribution in [0.15, 0.2) is 0 Å². The molecule has 4 atom stereocenters. The third kappa shape index (κ3) is 2.09. The second-order valence-corrected chi connectivity index (χ2v) is 6.52. The first-order valence-corrected chi connectivity index (χ1v) is 7.60. The van der Waals surface area contributed by atoms with Gasteiger partial charge in [-0.1, -0.05) is 6.42 Å². The van der Waals surface area contributed by atoms with Gasteiger partial charge in [-0.25, -0.2) is 0 Å². The van der Waals surface area contributed by atoms with Crippen LogP contribution in [0.2, 0.25) is 0 Å². The number of carbonyl (C=O) groups excluding carboxylic acids is 1. The summed E-state index contributed by atoms with van der Waals surface area (Å²) in [5.41, 5.74) is 0. The average molecular weight is 240 g/mol. The van der Waals surface area contributed by atoms with Crippen molar-refractivity contribution in [2.75, 3.05) is 18.1 Å². The summed E-state index contributed by atoms with van der Waals surface area (Å²) in [5, 5.41) is 6.57.